The van der Waals surface area contributed by atoms with Crippen molar-refractivity contribution in [1.29, 1.82) is 0 Å². The van der Waals surface area contributed by atoms with Gasteiger partial charge in [0, 0.05) is 6.54 Å². The molecule has 1 aromatic heterocycles. The van der Waals surface area contributed by atoms with Crippen LogP contribution in [0.25, 0.3) is 0 Å². The molecule has 1 N–H and O–H groups in total. The standard InChI is InChI=1S/C12H15N3O2S/c1-16-10-4-3-9(7-11(10)17-2)5-6-15-8-13-14-12(15)18/h3-4,7-8H,5-6H2,1-2H3,(H,14,18). The fourth-order valence-corrected chi connectivity index (χ4v) is 1.91. The van der Waals surface area contributed by atoms with Gasteiger partial charge in [-0.2, -0.15) is 5.10 Å². The molecule has 18 heavy (non-hydrogen) atoms. The number of nitrogens with zero attached hydrogens (tertiary/aromatic N) is 2. The highest BCUT2D eigenvalue weighted by molar-refractivity contribution is 7.71. The average molecular weight is 265 g/mol. The van der Waals surface area contributed by atoms with E-state index in [1.165, 1.54) is 0 Å². The van der Waals surface area contributed by atoms with Gasteiger partial charge >= 0.3 is 0 Å². The lowest BCUT2D eigenvalue weighted by Gasteiger charge is -2.09. The lowest BCUT2D eigenvalue weighted by Crippen LogP contribution is -2.01. The summed E-state index contributed by atoms with van der Waals surface area (Å²) < 4.78 is 13.0. The van der Waals surface area contributed by atoms with E-state index in [0.29, 0.717) is 4.77 Å². The fourth-order valence-electron chi connectivity index (χ4n) is 1.72. The molecule has 6 heteroatoms. The number of benzene rings is 1. The Balaban J connectivity index is 2.10. The third kappa shape index (κ3) is 2.70. The van der Waals surface area contributed by atoms with Gasteiger partial charge in [-0.25, -0.2) is 0 Å². The Morgan fingerprint density at radius 1 is 1.28 bits per heavy atom. The van der Waals surface area contributed by atoms with Crippen molar-refractivity contribution < 1.29 is 9.47 Å². The van der Waals surface area contributed by atoms with Crippen molar-refractivity contribution in [3.8, 4) is 11.5 Å². The first-order valence-corrected chi connectivity index (χ1v) is 5.96. The van der Waals surface area contributed by atoms with Crippen molar-refractivity contribution in [2.24, 2.45) is 0 Å². The number of aromatic nitrogens is 3. The normalized spacial score (nSPS) is 10.3. The Kier molecular flexibility index (Phi) is 3.99. The van der Waals surface area contributed by atoms with Crippen LogP contribution in [0.4, 0.5) is 0 Å². The zero-order chi connectivity index (χ0) is 13.0. The Bertz CT molecular complexity index is 577. The molecule has 0 saturated carbocycles. The van der Waals surface area contributed by atoms with Gasteiger partial charge in [-0.1, -0.05) is 6.07 Å². The van der Waals surface area contributed by atoms with Crippen molar-refractivity contribution in [3.63, 3.8) is 0 Å². The number of nitrogens with one attached hydrogen (secondary N) is 1. The predicted molar refractivity (Wildman–Crippen MR) is 70.7 cm³/mol. The SMILES string of the molecule is COc1ccc(CCn2cn[nH]c2=S)cc1OC. The summed E-state index contributed by atoms with van der Waals surface area (Å²) in [5, 5.41) is 6.61. The second-order valence-corrected chi connectivity index (χ2v) is 4.18. The van der Waals surface area contributed by atoms with Crippen molar-refractivity contribution >= 4 is 12.2 Å². The number of H-pyrrole nitrogens is 1. The molecule has 0 aliphatic rings. The van der Waals surface area contributed by atoms with E-state index in [2.05, 4.69) is 10.2 Å². The highest BCUT2D eigenvalue weighted by atomic mass is 32.1. The Hall–Kier alpha value is -1.82. The highest BCUT2D eigenvalue weighted by Crippen LogP contribution is 2.27. The molecule has 0 fully saturated rings. The smallest absolute Gasteiger partial charge is 0.194 e. The number of methoxy groups -OCH3 is 2. The summed E-state index contributed by atoms with van der Waals surface area (Å²) in [4.78, 5) is 0. The monoisotopic (exact) mass is 265 g/mol. The topological polar surface area (TPSA) is 52.1 Å². The summed E-state index contributed by atoms with van der Waals surface area (Å²) in [5.41, 5.74) is 1.16. The van der Waals surface area contributed by atoms with Gasteiger partial charge in [0.25, 0.3) is 0 Å². The number of aromatic amines is 1. The maximum atomic E-state index is 5.27. The molecule has 0 saturated heterocycles. The third-order valence-corrected chi connectivity index (χ3v) is 3.03. The summed E-state index contributed by atoms with van der Waals surface area (Å²) in [6, 6.07) is 5.90. The van der Waals surface area contributed by atoms with E-state index < -0.39 is 0 Å². The highest BCUT2D eigenvalue weighted by Gasteiger charge is 2.04. The molecule has 1 heterocycles. The van der Waals surface area contributed by atoms with E-state index in [0.717, 1.165) is 30.0 Å². The Morgan fingerprint density at radius 2 is 2.06 bits per heavy atom. The lowest BCUT2D eigenvalue weighted by molar-refractivity contribution is 0.354. The lowest BCUT2D eigenvalue weighted by atomic mass is 10.1. The number of ether oxygens (including phenoxy) is 2. The van der Waals surface area contributed by atoms with Crippen LogP contribution in [0.2, 0.25) is 0 Å². The van der Waals surface area contributed by atoms with Crippen LogP contribution in [-0.4, -0.2) is 29.0 Å². The van der Waals surface area contributed by atoms with Crippen molar-refractivity contribution in [1.82, 2.24) is 14.8 Å². The Morgan fingerprint density at radius 3 is 2.67 bits per heavy atom. The summed E-state index contributed by atoms with van der Waals surface area (Å²) in [6.07, 6.45) is 2.55. The number of hydrogen-bond acceptors (Lipinski definition) is 4. The van der Waals surface area contributed by atoms with Crippen molar-refractivity contribution in [3.05, 3.63) is 34.9 Å². The first-order chi connectivity index (χ1) is 8.74. The van der Waals surface area contributed by atoms with Crippen LogP contribution in [0.3, 0.4) is 0 Å². The maximum Gasteiger partial charge on any atom is 0.194 e. The first-order valence-electron chi connectivity index (χ1n) is 5.55. The predicted octanol–water partition coefficient (Wildman–Crippen LogP) is 2.20. The average Bonchev–Trinajstić information content (AvgIpc) is 2.81. The van der Waals surface area contributed by atoms with Gasteiger partial charge in [0.05, 0.1) is 14.2 Å². The van der Waals surface area contributed by atoms with Crippen LogP contribution < -0.4 is 9.47 Å². The summed E-state index contributed by atoms with van der Waals surface area (Å²) in [5.74, 6) is 1.48. The van der Waals surface area contributed by atoms with Gasteiger partial charge in [0.2, 0.25) is 0 Å². The van der Waals surface area contributed by atoms with Crippen LogP contribution in [0.5, 0.6) is 11.5 Å². The summed E-state index contributed by atoms with van der Waals surface area (Å²) in [6.45, 7) is 0.783. The second kappa shape index (κ2) is 5.68. The minimum atomic E-state index is 0.635. The molecule has 96 valence electrons. The van der Waals surface area contributed by atoms with Crippen LogP contribution in [0, 0.1) is 4.77 Å². The zero-order valence-corrected chi connectivity index (χ0v) is 11.2. The van der Waals surface area contributed by atoms with Crippen LogP contribution in [-0.2, 0) is 13.0 Å². The molecular formula is C12H15N3O2S. The van der Waals surface area contributed by atoms with E-state index in [4.69, 9.17) is 21.7 Å². The molecule has 0 aliphatic carbocycles. The van der Waals surface area contributed by atoms with Crippen LogP contribution in [0.1, 0.15) is 5.56 Å². The van der Waals surface area contributed by atoms with Crippen molar-refractivity contribution in [2.45, 2.75) is 13.0 Å². The number of aryl methyl sites for hydroxylation is 2. The number of hydrogen-bond donors (Lipinski definition) is 1. The molecule has 1 aromatic carbocycles. The van der Waals surface area contributed by atoms with E-state index >= 15 is 0 Å². The van der Waals surface area contributed by atoms with Crippen molar-refractivity contribution in [2.75, 3.05) is 14.2 Å². The third-order valence-electron chi connectivity index (χ3n) is 2.71. The van der Waals surface area contributed by atoms with E-state index in [1.807, 2.05) is 22.8 Å². The van der Waals surface area contributed by atoms with Gasteiger partial charge < -0.3 is 14.0 Å². The number of rotatable bonds is 5. The molecule has 0 atom stereocenters. The van der Waals surface area contributed by atoms with Crippen LogP contribution in [0.15, 0.2) is 24.5 Å². The Labute approximate surface area is 110 Å². The molecule has 5 nitrogen and oxygen atoms in total. The van der Waals surface area contributed by atoms with E-state index in [9.17, 15) is 0 Å². The molecule has 0 radical (unpaired) electrons. The molecular weight excluding hydrogens is 250 g/mol. The van der Waals surface area contributed by atoms with Crippen LogP contribution >= 0.6 is 12.2 Å². The second-order valence-electron chi connectivity index (χ2n) is 3.79. The summed E-state index contributed by atoms with van der Waals surface area (Å²) >= 11 is 5.09. The largest absolute Gasteiger partial charge is 0.493 e. The van der Waals surface area contributed by atoms with E-state index in [-0.39, 0.29) is 0 Å². The minimum absolute atomic E-state index is 0.635. The molecule has 0 spiro atoms. The maximum absolute atomic E-state index is 5.27. The minimum Gasteiger partial charge on any atom is -0.493 e. The molecule has 2 rings (SSSR count). The van der Waals surface area contributed by atoms with Gasteiger partial charge in [-0.15, -0.1) is 0 Å². The van der Waals surface area contributed by atoms with Gasteiger partial charge in [0.1, 0.15) is 6.33 Å². The molecule has 0 amide bonds. The molecule has 0 aliphatic heterocycles. The molecule has 0 bridgehead atoms. The van der Waals surface area contributed by atoms with Gasteiger partial charge in [0.15, 0.2) is 16.3 Å². The van der Waals surface area contributed by atoms with E-state index in [1.54, 1.807) is 20.5 Å². The van der Waals surface area contributed by atoms with Gasteiger partial charge in [-0.05, 0) is 36.3 Å². The quantitative estimate of drug-likeness (QED) is 0.842. The molecule has 0 unspecified atom stereocenters. The first kappa shape index (κ1) is 12.6. The van der Waals surface area contributed by atoms with Gasteiger partial charge in [-0.3, -0.25) is 5.10 Å². The zero-order valence-electron chi connectivity index (χ0n) is 10.3. The fraction of sp³-hybridized carbons (Fsp3) is 0.333. The summed E-state index contributed by atoms with van der Waals surface area (Å²) in [7, 11) is 3.26. The molecule has 2 aromatic rings.